The van der Waals surface area contributed by atoms with Gasteiger partial charge in [-0.1, -0.05) is 104 Å². The van der Waals surface area contributed by atoms with Crippen LogP contribution in [0.3, 0.4) is 0 Å². The van der Waals surface area contributed by atoms with Crippen molar-refractivity contribution in [3.63, 3.8) is 0 Å². The Morgan fingerprint density at radius 2 is 1.59 bits per heavy atom. The van der Waals surface area contributed by atoms with Gasteiger partial charge in [-0.3, -0.25) is 0 Å². The molecular weight excluding hydrogens is 508 g/mol. The first-order valence-electron chi connectivity index (χ1n) is 13.3. The van der Waals surface area contributed by atoms with Crippen LogP contribution < -0.4 is 0 Å². The maximum absolute atomic E-state index is 9.90. The smallest absolute Gasteiger partial charge is 0.205 e. The molecule has 0 amide bonds. The number of benzene rings is 3. The minimum atomic E-state index is -0.442. The molecule has 0 bridgehead atoms. The third-order valence-electron chi connectivity index (χ3n) is 7.17. The molecule has 3 aromatic carbocycles. The van der Waals surface area contributed by atoms with Gasteiger partial charge in [0.1, 0.15) is 11.4 Å². The van der Waals surface area contributed by atoms with Gasteiger partial charge < -0.3 is 9.67 Å². The molecule has 0 radical (unpaired) electrons. The number of rotatable bonds is 10. The van der Waals surface area contributed by atoms with Gasteiger partial charge in [0.25, 0.3) is 0 Å². The first kappa shape index (κ1) is 26.8. The number of hydrogen-bond acceptors (Lipinski definition) is 5. The molecule has 2 heterocycles. The van der Waals surface area contributed by atoms with Crippen LogP contribution in [0.15, 0.2) is 78.9 Å². The molecule has 2 aromatic heterocycles. The Morgan fingerprint density at radius 1 is 0.897 bits per heavy atom. The number of aliphatic hydroxyl groups is 1. The lowest BCUT2D eigenvalue weighted by atomic mass is 9.95. The second kappa shape index (κ2) is 11.5. The summed E-state index contributed by atoms with van der Waals surface area (Å²) in [5.74, 6) is 1.49. The topological polar surface area (TPSA) is 81.7 Å². The van der Waals surface area contributed by atoms with Gasteiger partial charge in [0.2, 0.25) is 5.82 Å². The van der Waals surface area contributed by atoms with E-state index < -0.39 is 5.54 Å². The van der Waals surface area contributed by atoms with Gasteiger partial charge in [0.15, 0.2) is 5.15 Å². The first-order chi connectivity index (χ1) is 18.9. The van der Waals surface area contributed by atoms with Crippen LogP contribution in [0.5, 0.6) is 0 Å². The Kier molecular flexibility index (Phi) is 7.91. The zero-order chi connectivity index (χ0) is 27.4. The Hall–Kier alpha value is -3.81. The number of tetrazole rings is 1. The molecule has 7 nitrogen and oxygen atoms in total. The van der Waals surface area contributed by atoms with Crippen LogP contribution in [0.4, 0.5) is 0 Å². The monoisotopic (exact) mass is 540 g/mol. The summed E-state index contributed by atoms with van der Waals surface area (Å²) in [6.07, 6.45) is 2.92. The van der Waals surface area contributed by atoms with Crippen LogP contribution in [0.1, 0.15) is 56.3 Å². The fourth-order valence-electron chi connectivity index (χ4n) is 4.79. The van der Waals surface area contributed by atoms with E-state index >= 15 is 0 Å². The predicted molar refractivity (Wildman–Crippen MR) is 154 cm³/mol. The molecule has 0 spiro atoms. The Bertz CT molecular complexity index is 1540. The molecular formula is C31H33ClN6O. The van der Waals surface area contributed by atoms with E-state index in [0.29, 0.717) is 23.2 Å². The van der Waals surface area contributed by atoms with Gasteiger partial charge in [-0.05, 0) is 47.7 Å². The summed E-state index contributed by atoms with van der Waals surface area (Å²) >= 11 is 6.33. The fourth-order valence-corrected chi connectivity index (χ4v) is 5.05. The molecule has 0 saturated heterocycles. The van der Waals surface area contributed by atoms with Crippen molar-refractivity contribution in [1.29, 1.82) is 0 Å². The molecule has 0 aliphatic carbocycles. The minimum absolute atomic E-state index is 0.141. The average Bonchev–Trinajstić information content (AvgIpc) is 3.58. The van der Waals surface area contributed by atoms with Crippen molar-refractivity contribution in [3.05, 3.63) is 107 Å². The summed E-state index contributed by atoms with van der Waals surface area (Å²) in [4.78, 5) is 6.19. The second-order valence-corrected chi connectivity index (χ2v) is 10.5. The summed E-state index contributed by atoms with van der Waals surface area (Å²) in [5, 5.41) is 23.9. The summed E-state index contributed by atoms with van der Waals surface area (Å²) in [6, 6.07) is 26.7. The summed E-state index contributed by atoms with van der Waals surface area (Å²) in [7, 11) is 0. The van der Waals surface area contributed by atoms with Crippen molar-refractivity contribution in [2.45, 2.75) is 58.7 Å². The fraction of sp³-hybridized carbons (Fsp3) is 0.290. The maximum atomic E-state index is 9.90. The molecule has 0 fully saturated rings. The first-order valence-corrected chi connectivity index (χ1v) is 13.7. The summed E-state index contributed by atoms with van der Waals surface area (Å²) < 4.78 is 2.04. The van der Waals surface area contributed by atoms with Crippen LogP contribution in [0, 0.1) is 0 Å². The lowest BCUT2D eigenvalue weighted by Crippen LogP contribution is -2.30. The van der Waals surface area contributed by atoms with Gasteiger partial charge in [0.05, 0.1) is 12.3 Å². The molecule has 0 unspecified atom stereocenters. The van der Waals surface area contributed by atoms with Crippen molar-refractivity contribution in [2.24, 2.45) is 0 Å². The van der Waals surface area contributed by atoms with E-state index in [1.807, 2.05) is 41.0 Å². The number of imidazole rings is 1. The highest BCUT2D eigenvalue weighted by molar-refractivity contribution is 6.30. The van der Waals surface area contributed by atoms with E-state index in [2.05, 4.69) is 78.5 Å². The van der Waals surface area contributed by atoms with Crippen LogP contribution in [-0.4, -0.2) is 34.9 Å². The van der Waals surface area contributed by atoms with E-state index in [9.17, 15) is 5.11 Å². The van der Waals surface area contributed by atoms with Crippen LogP contribution >= 0.6 is 11.6 Å². The van der Waals surface area contributed by atoms with Crippen molar-refractivity contribution in [1.82, 2.24) is 29.8 Å². The largest absolute Gasteiger partial charge is 0.390 e. The van der Waals surface area contributed by atoms with E-state index in [1.54, 1.807) is 4.80 Å². The van der Waals surface area contributed by atoms with Gasteiger partial charge in [-0.15, -0.1) is 10.2 Å². The molecule has 0 atom stereocenters. The number of nitrogens with zero attached hydrogens (tertiary/aromatic N) is 6. The zero-order valence-corrected chi connectivity index (χ0v) is 23.3. The Morgan fingerprint density at radius 3 is 2.28 bits per heavy atom. The quantitative estimate of drug-likeness (QED) is 0.218. The molecule has 5 aromatic rings. The van der Waals surface area contributed by atoms with Gasteiger partial charge in [-0.2, -0.15) is 4.80 Å². The standard InChI is InChI=1S/C31H33ClN6O/c1-4-5-15-28-33-29(32)27(21-39)37(28)20-22-16-18-23(19-17-22)25-13-9-10-14-26(25)30-34-36-38(35-30)31(2,3)24-11-7-6-8-12-24/h6-14,16-19,39H,4-5,15,20-21H2,1-3H3. The van der Waals surface area contributed by atoms with Crippen molar-refractivity contribution in [3.8, 4) is 22.5 Å². The molecule has 8 heteroatoms. The Labute approximate surface area is 234 Å². The second-order valence-electron chi connectivity index (χ2n) is 10.2. The SMILES string of the molecule is CCCCc1nc(Cl)c(CO)n1Cc1ccc(-c2ccccc2-c2nnn(C(C)(C)c3ccccc3)n2)cc1. The highest BCUT2D eigenvalue weighted by atomic mass is 35.5. The molecule has 39 heavy (non-hydrogen) atoms. The predicted octanol–water partition coefficient (Wildman–Crippen LogP) is 6.52. The van der Waals surface area contributed by atoms with Gasteiger partial charge in [-0.25, -0.2) is 4.98 Å². The average molecular weight is 541 g/mol. The molecule has 0 saturated carbocycles. The lowest BCUT2D eigenvalue weighted by Gasteiger charge is -2.23. The van der Waals surface area contributed by atoms with Gasteiger partial charge in [0, 0.05) is 18.5 Å². The third-order valence-corrected chi connectivity index (χ3v) is 7.48. The van der Waals surface area contributed by atoms with E-state index in [0.717, 1.165) is 52.9 Å². The Balaban J connectivity index is 1.42. The summed E-state index contributed by atoms with van der Waals surface area (Å²) in [5.41, 5.74) is 5.45. The minimum Gasteiger partial charge on any atom is -0.390 e. The third kappa shape index (κ3) is 5.51. The van der Waals surface area contributed by atoms with Crippen molar-refractivity contribution < 1.29 is 5.11 Å². The van der Waals surface area contributed by atoms with Gasteiger partial charge >= 0.3 is 0 Å². The number of aryl methyl sites for hydroxylation is 1. The van der Waals surface area contributed by atoms with E-state index in [1.165, 1.54) is 0 Å². The molecule has 0 aliphatic rings. The molecule has 5 rings (SSSR count). The van der Waals surface area contributed by atoms with Crippen molar-refractivity contribution in [2.75, 3.05) is 0 Å². The normalized spacial score (nSPS) is 11.7. The van der Waals surface area contributed by atoms with E-state index in [4.69, 9.17) is 16.7 Å². The number of aliphatic hydroxyl groups excluding tert-OH is 1. The van der Waals surface area contributed by atoms with Crippen LogP contribution in [0.25, 0.3) is 22.5 Å². The van der Waals surface area contributed by atoms with E-state index in [-0.39, 0.29) is 6.61 Å². The van der Waals surface area contributed by atoms with Crippen LogP contribution in [-0.2, 0) is 25.1 Å². The number of halogens is 1. The number of hydrogen-bond donors (Lipinski definition) is 1. The van der Waals surface area contributed by atoms with Crippen molar-refractivity contribution >= 4 is 11.6 Å². The highest BCUT2D eigenvalue weighted by Crippen LogP contribution is 2.32. The van der Waals surface area contributed by atoms with Crippen LogP contribution in [0.2, 0.25) is 5.15 Å². The molecule has 0 aliphatic heterocycles. The number of unbranched alkanes of at least 4 members (excludes halogenated alkanes) is 1. The number of aromatic nitrogens is 6. The summed E-state index contributed by atoms with van der Waals surface area (Å²) in [6.45, 7) is 6.78. The molecule has 200 valence electrons. The lowest BCUT2D eigenvalue weighted by molar-refractivity contribution is 0.271. The zero-order valence-electron chi connectivity index (χ0n) is 22.5. The molecule has 1 N–H and O–H groups in total. The highest BCUT2D eigenvalue weighted by Gasteiger charge is 2.26. The maximum Gasteiger partial charge on any atom is 0.205 e.